The first kappa shape index (κ1) is 13.2. The molecule has 18 heavy (non-hydrogen) atoms. The van der Waals surface area contributed by atoms with E-state index in [1.807, 2.05) is 13.8 Å². The van der Waals surface area contributed by atoms with Crippen molar-refractivity contribution in [2.75, 3.05) is 20.3 Å². The number of hydrogen-bond donors (Lipinski definition) is 1. The van der Waals surface area contributed by atoms with Crippen molar-refractivity contribution in [1.82, 2.24) is 9.97 Å². The largest absolute Gasteiger partial charge is 0.381 e. The third-order valence-electron chi connectivity index (χ3n) is 3.70. The van der Waals surface area contributed by atoms with Gasteiger partial charge in [0.05, 0.1) is 0 Å². The molecule has 0 radical (unpaired) electrons. The number of ether oxygens (including phenoxy) is 2. The average molecular weight is 252 g/mol. The molecule has 5 nitrogen and oxygen atoms in total. The van der Waals surface area contributed by atoms with Crippen LogP contribution in [0.2, 0.25) is 0 Å². The summed E-state index contributed by atoms with van der Waals surface area (Å²) in [6.45, 7) is 5.10. The van der Waals surface area contributed by atoms with E-state index in [2.05, 4.69) is 9.97 Å². The third kappa shape index (κ3) is 2.20. The van der Waals surface area contributed by atoms with Crippen LogP contribution >= 0.6 is 0 Å². The minimum atomic E-state index is -0.506. The summed E-state index contributed by atoms with van der Waals surface area (Å²) >= 11 is 0. The molecule has 0 aliphatic carbocycles. The molecule has 1 aliphatic rings. The molecule has 1 fully saturated rings. The first-order valence-corrected chi connectivity index (χ1v) is 6.36. The van der Waals surface area contributed by atoms with Crippen molar-refractivity contribution >= 4 is 0 Å². The highest BCUT2D eigenvalue weighted by Gasteiger charge is 2.37. The molecule has 2 heterocycles. The molecule has 1 aromatic heterocycles. The normalized spacial score (nSPS) is 18.8. The van der Waals surface area contributed by atoms with E-state index in [4.69, 9.17) is 9.47 Å². The van der Waals surface area contributed by atoms with Gasteiger partial charge in [0.2, 0.25) is 0 Å². The number of H-pyrrole nitrogens is 1. The molecule has 5 heteroatoms. The second-order valence-electron chi connectivity index (χ2n) is 4.64. The Hall–Kier alpha value is -1.20. The predicted molar refractivity (Wildman–Crippen MR) is 67.7 cm³/mol. The van der Waals surface area contributed by atoms with Crippen molar-refractivity contribution in [3.8, 4) is 0 Å². The van der Waals surface area contributed by atoms with Crippen molar-refractivity contribution in [2.45, 2.75) is 38.7 Å². The van der Waals surface area contributed by atoms with E-state index in [1.165, 1.54) is 0 Å². The van der Waals surface area contributed by atoms with Gasteiger partial charge in [-0.2, -0.15) is 0 Å². The van der Waals surface area contributed by atoms with Gasteiger partial charge in [-0.1, -0.05) is 6.92 Å². The molecule has 1 N–H and O–H groups in total. The monoisotopic (exact) mass is 252 g/mol. The summed E-state index contributed by atoms with van der Waals surface area (Å²) < 4.78 is 11.0. The summed E-state index contributed by atoms with van der Waals surface area (Å²) in [7, 11) is 1.66. The zero-order valence-electron chi connectivity index (χ0n) is 11.2. The van der Waals surface area contributed by atoms with Gasteiger partial charge in [-0.15, -0.1) is 0 Å². The van der Waals surface area contributed by atoms with E-state index < -0.39 is 5.60 Å². The molecule has 1 saturated heterocycles. The maximum Gasteiger partial charge on any atom is 0.254 e. The molecule has 2 rings (SSSR count). The Morgan fingerprint density at radius 2 is 2.11 bits per heavy atom. The van der Waals surface area contributed by atoms with Crippen molar-refractivity contribution in [1.29, 1.82) is 0 Å². The van der Waals surface area contributed by atoms with Crippen LogP contribution in [0.1, 0.15) is 36.8 Å². The zero-order valence-corrected chi connectivity index (χ0v) is 11.2. The molecule has 1 aliphatic heterocycles. The quantitative estimate of drug-likeness (QED) is 0.880. The molecular formula is C13H20N2O3. The fraction of sp³-hybridized carbons (Fsp3) is 0.692. The molecule has 0 atom stereocenters. The SMILES string of the molecule is CCc1c(C)nc(C2(OC)CCOCC2)[nH]c1=O. The molecule has 0 unspecified atom stereocenters. The van der Waals surface area contributed by atoms with Gasteiger partial charge in [0.1, 0.15) is 11.4 Å². The van der Waals surface area contributed by atoms with E-state index in [0.29, 0.717) is 25.5 Å². The number of rotatable bonds is 3. The minimum absolute atomic E-state index is 0.0529. The first-order chi connectivity index (χ1) is 8.63. The van der Waals surface area contributed by atoms with E-state index >= 15 is 0 Å². The molecule has 0 spiro atoms. The van der Waals surface area contributed by atoms with Gasteiger partial charge in [0, 0.05) is 44.4 Å². The Balaban J connectivity index is 2.46. The van der Waals surface area contributed by atoms with E-state index in [0.717, 1.165) is 24.1 Å². The fourth-order valence-corrected chi connectivity index (χ4v) is 2.48. The highest BCUT2D eigenvalue weighted by Crippen LogP contribution is 2.32. The summed E-state index contributed by atoms with van der Waals surface area (Å²) in [5, 5.41) is 0. The van der Waals surface area contributed by atoms with Crippen molar-refractivity contribution < 1.29 is 9.47 Å². The summed E-state index contributed by atoms with van der Waals surface area (Å²) in [6, 6.07) is 0. The smallest absolute Gasteiger partial charge is 0.254 e. The Morgan fingerprint density at radius 1 is 1.44 bits per heavy atom. The van der Waals surface area contributed by atoms with Crippen molar-refractivity contribution in [3.05, 3.63) is 27.4 Å². The van der Waals surface area contributed by atoms with Gasteiger partial charge in [0.15, 0.2) is 0 Å². The number of aromatic amines is 1. The third-order valence-corrected chi connectivity index (χ3v) is 3.70. The topological polar surface area (TPSA) is 64.2 Å². The molecular weight excluding hydrogens is 232 g/mol. The van der Waals surface area contributed by atoms with E-state index in [-0.39, 0.29) is 5.56 Å². The second-order valence-corrected chi connectivity index (χ2v) is 4.64. The average Bonchev–Trinajstić information content (AvgIpc) is 2.39. The van der Waals surface area contributed by atoms with Gasteiger partial charge < -0.3 is 14.5 Å². The highest BCUT2D eigenvalue weighted by molar-refractivity contribution is 5.19. The molecule has 0 saturated carbocycles. The number of nitrogens with zero attached hydrogens (tertiary/aromatic N) is 1. The van der Waals surface area contributed by atoms with Crippen LogP contribution in [0.25, 0.3) is 0 Å². The summed E-state index contributed by atoms with van der Waals surface area (Å²) in [4.78, 5) is 19.4. The molecule has 0 amide bonds. The van der Waals surface area contributed by atoms with Crippen LogP contribution in [0.4, 0.5) is 0 Å². The second kappa shape index (κ2) is 5.20. The maximum absolute atomic E-state index is 12.0. The van der Waals surface area contributed by atoms with Gasteiger partial charge >= 0.3 is 0 Å². The number of hydrogen-bond acceptors (Lipinski definition) is 4. The summed E-state index contributed by atoms with van der Waals surface area (Å²) in [5.41, 5.74) is 0.980. The Labute approximate surface area is 107 Å². The summed E-state index contributed by atoms with van der Waals surface area (Å²) in [6.07, 6.45) is 2.13. The number of aryl methyl sites for hydroxylation is 1. The Kier molecular flexibility index (Phi) is 3.82. The first-order valence-electron chi connectivity index (χ1n) is 6.36. The molecule has 0 aromatic carbocycles. The van der Waals surface area contributed by atoms with E-state index in [1.54, 1.807) is 7.11 Å². The molecule has 0 bridgehead atoms. The lowest BCUT2D eigenvalue weighted by atomic mass is 9.92. The fourth-order valence-electron chi connectivity index (χ4n) is 2.48. The lowest BCUT2D eigenvalue weighted by molar-refractivity contribution is -0.100. The maximum atomic E-state index is 12.0. The van der Waals surface area contributed by atoms with Gasteiger partial charge in [-0.3, -0.25) is 4.79 Å². The van der Waals surface area contributed by atoms with Gasteiger partial charge in [0.25, 0.3) is 5.56 Å². The van der Waals surface area contributed by atoms with Crippen LogP contribution in [-0.4, -0.2) is 30.3 Å². The number of aromatic nitrogens is 2. The van der Waals surface area contributed by atoms with Crippen LogP contribution in [0.15, 0.2) is 4.79 Å². The number of nitrogens with one attached hydrogen (secondary N) is 1. The minimum Gasteiger partial charge on any atom is -0.381 e. The van der Waals surface area contributed by atoms with Crippen LogP contribution in [0.5, 0.6) is 0 Å². The van der Waals surface area contributed by atoms with Crippen LogP contribution in [0, 0.1) is 6.92 Å². The standard InChI is InChI=1S/C13H20N2O3/c1-4-10-9(2)14-12(15-11(10)16)13(17-3)5-7-18-8-6-13/h4-8H2,1-3H3,(H,14,15,16). The lowest BCUT2D eigenvalue weighted by Crippen LogP contribution is -2.39. The van der Waals surface area contributed by atoms with Crippen molar-refractivity contribution in [2.24, 2.45) is 0 Å². The van der Waals surface area contributed by atoms with Gasteiger partial charge in [-0.25, -0.2) is 4.98 Å². The van der Waals surface area contributed by atoms with Gasteiger partial charge in [-0.05, 0) is 13.3 Å². The van der Waals surface area contributed by atoms with Crippen molar-refractivity contribution in [3.63, 3.8) is 0 Å². The highest BCUT2D eigenvalue weighted by atomic mass is 16.5. The predicted octanol–water partition coefficient (Wildman–Crippen LogP) is 1.29. The van der Waals surface area contributed by atoms with Crippen LogP contribution in [-0.2, 0) is 21.5 Å². The van der Waals surface area contributed by atoms with Crippen LogP contribution in [0.3, 0.4) is 0 Å². The lowest BCUT2D eigenvalue weighted by Gasteiger charge is -2.34. The zero-order chi connectivity index (χ0) is 13.2. The molecule has 100 valence electrons. The number of methoxy groups -OCH3 is 1. The Bertz CT molecular complexity index is 476. The molecule has 1 aromatic rings. The van der Waals surface area contributed by atoms with E-state index in [9.17, 15) is 4.79 Å². The van der Waals surface area contributed by atoms with Crippen LogP contribution < -0.4 is 5.56 Å². The summed E-state index contributed by atoms with van der Waals surface area (Å²) in [5.74, 6) is 0.632. The Morgan fingerprint density at radius 3 is 2.61 bits per heavy atom.